The molecule has 3 nitrogen and oxygen atoms in total. The van der Waals surface area contributed by atoms with Crippen LogP contribution in [0.4, 0.5) is 5.82 Å². The first-order chi connectivity index (χ1) is 8.91. The van der Waals surface area contributed by atoms with Crippen molar-refractivity contribution in [3.63, 3.8) is 0 Å². The standard InChI is InChI=1S/C15H18ClN3/c1-15(2,3)14-18-12(9-13(17-4)19-14)10-7-5-6-8-11(10)16/h5-9H,1-4H3,(H,17,18,19). The first-order valence-electron chi connectivity index (χ1n) is 6.24. The van der Waals surface area contributed by atoms with E-state index in [2.05, 4.69) is 36.1 Å². The van der Waals surface area contributed by atoms with Crippen LogP contribution < -0.4 is 5.32 Å². The van der Waals surface area contributed by atoms with Gasteiger partial charge in [0.2, 0.25) is 0 Å². The van der Waals surface area contributed by atoms with E-state index in [1.165, 1.54) is 0 Å². The van der Waals surface area contributed by atoms with Crippen molar-refractivity contribution in [2.24, 2.45) is 0 Å². The lowest BCUT2D eigenvalue weighted by Gasteiger charge is -2.18. The number of nitrogens with zero attached hydrogens (tertiary/aromatic N) is 2. The monoisotopic (exact) mass is 275 g/mol. The van der Waals surface area contributed by atoms with Gasteiger partial charge in [-0.15, -0.1) is 0 Å². The van der Waals surface area contributed by atoms with Gasteiger partial charge in [-0.2, -0.15) is 0 Å². The molecule has 0 aliphatic rings. The third-order valence-corrected chi connectivity index (χ3v) is 3.13. The molecule has 0 bridgehead atoms. The molecule has 1 aromatic heterocycles. The van der Waals surface area contributed by atoms with Gasteiger partial charge in [0.15, 0.2) is 0 Å². The lowest BCUT2D eigenvalue weighted by Crippen LogP contribution is -2.17. The molecule has 0 unspecified atom stereocenters. The van der Waals surface area contributed by atoms with E-state index in [4.69, 9.17) is 11.6 Å². The van der Waals surface area contributed by atoms with Crippen LogP contribution in [0.5, 0.6) is 0 Å². The molecule has 19 heavy (non-hydrogen) atoms. The molecule has 0 aliphatic heterocycles. The number of hydrogen-bond donors (Lipinski definition) is 1. The smallest absolute Gasteiger partial charge is 0.136 e. The normalized spacial score (nSPS) is 11.4. The van der Waals surface area contributed by atoms with Gasteiger partial charge in [-0.05, 0) is 6.07 Å². The highest BCUT2D eigenvalue weighted by molar-refractivity contribution is 6.33. The Bertz CT molecular complexity index is 588. The molecule has 2 aromatic rings. The second kappa shape index (κ2) is 5.17. The molecule has 0 radical (unpaired) electrons. The van der Waals surface area contributed by atoms with Crippen molar-refractivity contribution in [3.8, 4) is 11.3 Å². The zero-order valence-corrected chi connectivity index (χ0v) is 12.4. The third-order valence-electron chi connectivity index (χ3n) is 2.80. The van der Waals surface area contributed by atoms with Gasteiger partial charge in [0.25, 0.3) is 0 Å². The van der Waals surface area contributed by atoms with Gasteiger partial charge in [0.05, 0.1) is 5.69 Å². The highest BCUT2D eigenvalue weighted by atomic mass is 35.5. The number of hydrogen-bond acceptors (Lipinski definition) is 3. The van der Waals surface area contributed by atoms with Crippen molar-refractivity contribution >= 4 is 17.4 Å². The molecular weight excluding hydrogens is 258 g/mol. The molecule has 0 amide bonds. The number of benzene rings is 1. The number of anilines is 1. The minimum absolute atomic E-state index is 0.108. The fourth-order valence-electron chi connectivity index (χ4n) is 1.72. The molecule has 0 aliphatic carbocycles. The zero-order valence-electron chi connectivity index (χ0n) is 11.7. The Morgan fingerprint density at radius 1 is 1.11 bits per heavy atom. The minimum atomic E-state index is -0.108. The van der Waals surface area contributed by atoms with E-state index in [0.717, 1.165) is 22.9 Å². The van der Waals surface area contributed by atoms with E-state index < -0.39 is 0 Å². The highest BCUT2D eigenvalue weighted by Crippen LogP contribution is 2.29. The zero-order chi connectivity index (χ0) is 14.0. The largest absolute Gasteiger partial charge is 0.373 e. The van der Waals surface area contributed by atoms with Crippen LogP contribution in [-0.2, 0) is 5.41 Å². The molecule has 100 valence electrons. The predicted octanol–water partition coefficient (Wildman–Crippen LogP) is 4.14. The van der Waals surface area contributed by atoms with Gasteiger partial charge in [-0.25, -0.2) is 9.97 Å². The molecule has 0 atom stereocenters. The van der Waals surface area contributed by atoms with Crippen LogP contribution in [-0.4, -0.2) is 17.0 Å². The molecule has 4 heteroatoms. The quantitative estimate of drug-likeness (QED) is 0.895. The van der Waals surface area contributed by atoms with Crippen LogP contribution in [0.3, 0.4) is 0 Å². The summed E-state index contributed by atoms with van der Waals surface area (Å²) in [6.45, 7) is 6.29. The molecule has 1 heterocycles. The van der Waals surface area contributed by atoms with E-state index in [0.29, 0.717) is 5.02 Å². The van der Waals surface area contributed by atoms with Crippen LogP contribution in [0.25, 0.3) is 11.3 Å². The molecule has 2 rings (SSSR count). The number of aromatic nitrogens is 2. The number of nitrogens with one attached hydrogen (secondary N) is 1. The first-order valence-corrected chi connectivity index (χ1v) is 6.62. The van der Waals surface area contributed by atoms with Gasteiger partial charge in [0, 0.05) is 29.1 Å². The van der Waals surface area contributed by atoms with E-state index >= 15 is 0 Å². The van der Waals surface area contributed by atoms with Gasteiger partial charge >= 0.3 is 0 Å². The lowest BCUT2D eigenvalue weighted by molar-refractivity contribution is 0.547. The lowest BCUT2D eigenvalue weighted by atomic mass is 9.95. The molecule has 1 aromatic carbocycles. The van der Waals surface area contributed by atoms with Gasteiger partial charge in [-0.1, -0.05) is 50.6 Å². The summed E-state index contributed by atoms with van der Waals surface area (Å²) in [6, 6.07) is 9.62. The third kappa shape index (κ3) is 3.04. The molecule has 0 saturated carbocycles. The van der Waals surface area contributed by atoms with E-state index in [1.54, 1.807) is 0 Å². The van der Waals surface area contributed by atoms with Crippen LogP contribution in [0.15, 0.2) is 30.3 Å². The Balaban J connectivity index is 2.61. The summed E-state index contributed by atoms with van der Waals surface area (Å²) in [5.41, 5.74) is 1.66. The topological polar surface area (TPSA) is 37.8 Å². The van der Waals surface area contributed by atoms with E-state index in [-0.39, 0.29) is 5.41 Å². The van der Waals surface area contributed by atoms with Gasteiger partial charge < -0.3 is 5.32 Å². The molecular formula is C15H18ClN3. The summed E-state index contributed by atoms with van der Waals surface area (Å²) in [6.07, 6.45) is 0. The SMILES string of the molecule is CNc1cc(-c2ccccc2Cl)nc(C(C)(C)C)n1. The van der Waals surface area contributed by atoms with E-state index in [1.807, 2.05) is 37.4 Å². The van der Waals surface area contributed by atoms with Crippen molar-refractivity contribution in [3.05, 3.63) is 41.2 Å². The summed E-state index contributed by atoms with van der Waals surface area (Å²) in [5.74, 6) is 1.60. The maximum atomic E-state index is 6.24. The maximum Gasteiger partial charge on any atom is 0.136 e. The minimum Gasteiger partial charge on any atom is -0.373 e. The summed E-state index contributed by atoms with van der Waals surface area (Å²) < 4.78 is 0. The highest BCUT2D eigenvalue weighted by Gasteiger charge is 2.19. The molecule has 0 fully saturated rings. The van der Waals surface area contributed by atoms with Crippen molar-refractivity contribution in [2.75, 3.05) is 12.4 Å². The van der Waals surface area contributed by atoms with E-state index in [9.17, 15) is 0 Å². The van der Waals surface area contributed by atoms with Gasteiger partial charge in [-0.3, -0.25) is 0 Å². The fraction of sp³-hybridized carbons (Fsp3) is 0.333. The van der Waals surface area contributed by atoms with Gasteiger partial charge in [0.1, 0.15) is 11.6 Å². The average Bonchev–Trinajstić information content (AvgIpc) is 2.37. The van der Waals surface area contributed by atoms with Crippen LogP contribution >= 0.6 is 11.6 Å². The second-order valence-electron chi connectivity index (χ2n) is 5.44. The summed E-state index contributed by atoms with van der Waals surface area (Å²) >= 11 is 6.24. The average molecular weight is 276 g/mol. The Morgan fingerprint density at radius 3 is 2.37 bits per heavy atom. The fourth-order valence-corrected chi connectivity index (χ4v) is 1.95. The molecule has 0 spiro atoms. The Morgan fingerprint density at radius 2 is 1.79 bits per heavy atom. The number of rotatable bonds is 2. The van der Waals surface area contributed by atoms with Crippen molar-refractivity contribution in [1.29, 1.82) is 0 Å². The van der Waals surface area contributed by atoms with Crippen LogP contribution in [0.2, 0.25) is 5.02 Å². The van der Waals surface area contributed by atoms with Crippen molar-refractivity contribution in [2.45, 2.75) is 26.2 Å². The maximum absolute atomic E-state index is 6.24. The Hall–Kier alpha value is -1.61. The summed E-state index contributed by atoms with van der Waals surface area (Å²) in [4.78, 5) is 9.16. The summed E-state index contributed by atoms with van der Waals surface area (Å²) in [5, 5.41) is 3.77. The molecule has 1 N–H and O–H groups in total. The molecule has 0 saturated heterocycles. The Kier molecular flexibility index (Phi) is 3.76. The number of halogens is 1. The Labute approximate surface area is 119 Å². The van der Waals surface area contributed by atoms with Crippen LogP contribution in [0.1, 0.15) is 26.6 Å². The van der Waals surface area contributed by atoms with Crippen LogP contribution in [0, 0.1) is 0 Å². The summed E-state index contributed by atoms with van der Waals surface area (Å²) in [7, 11) is 1.85. The van der Waals surface area contributed by atoms with Crippen molar-refractivity contribution < 1.29 is 0 Å². The predicted molar refractivity (Wildman–Crippen MR) is 80.7 cm³/mol. The second-order valence-corrected chi connectivity index (χ2v) is 5.85. The first kappa shape index (κ1) is 13.8. The van der Waals surface area contributed by atoms with Crippen molar-refractivity contribution in [1.82, 2.24) is 9.97 Å².